The number of ether oxygens (including phenoxy) is 1. The van der Waals surface area contributed by atoms with E-state index in [0.29, 0.717) is 17.1 Å². The van der Waals surface area contributed by atoms with Crippen LogP contribution in [0, 0.1) is 19.8 Å². The van der Waals surface area contributed by atoms with Gasteiger partial charge in [0.25, 0.3) is 10.0 Å². The van der Waals surface area contributed by atoms with Gasteiger partial charge < -0.3 is 15.2 Å². The van der Waals surface area contributed by atoms with Crippen molar-refractivity contribution in [1.29, 1.82) is 0 Å². The highest BCUT2D eigenvalue weighted by atomic mass is 32.2. The molecule has 1 amide bonds. The Hall–Kier alpha value is -2.01. The Bertz CT molecular complexity index is 1050. The number of alkyl carbamates (subject to hydrolysis) is 1. The van der Waals surface area contributed by atoms with E-state index in [-0.39, 0.29) is 23.2 Å². The Kier molecular flexibility index (Phi) is 9.64. The number of hydrogen-bond donors (Lipinski definition) is 2. The van der Waals surface area contributed by atoms with Crippen LogP contribution in [0.2, 0.25) is 0 Å². The number of nitrogens with one attached hydrogen (secondary N) is 1. The van der Waals surface area contributed by atoms with E-state index in [4.69, 9.17) is 4.74 Å². The number of benzene rings is 1. The van der Waals surface area contributed by atoms with Crippen molar-refractivity contribution < 1.29 is 23.1 Å². The van der Waals surface area contributed by atoms with Crippen LogP contribution in [0.3, 0.4) is 0 Å². The summed E-state index contributed by atoms with van der Waals surface area (Å²) in [6, 6.07) is 8.65. The summed E-state index contributed by atoms with van der Waals surface area (Å²) in [7, 11) is -3.88. The minimum absolute atomic E-state index is 0.0303. The van der Waals surface area contributed by atoms with E-state index in [1.54, 1.807) is 34.6 Å². The number of rotatable bonds is 10. The number of hydrogen-bond acceptors (Lipinski definition) is 7. The molecule has 1 aromatic carbocycles. The van der Waals surface area contributed by atoms with Gasteiger partial charge in [0, 0.05) is 13.1 Å². The third kappa shape index (κ3) is 8.33. The first-order valence-corrected chi connectivity index (χ1v) is 13.6. The number of aryl methyl sites for hydroxylation is 2. The van der Waals surface area contributed by atoms with Crippen molar-refractivity contribution in [2.24, 2.45) is 5.92 Å². The largest absolute Gasteiger partial charge is 0.444 e. The van der Waals surface area contributed by atoms with Crippen LogP contribution >= 0.6 is 11.3 Å². The molecule has 0 bridgehead atoms. The van der Waals surface area contributed by atoms with Gasteiger partial charge in [0.1, 0.15) is 5.60 Å². The maximum atomic E-state index is 13.5. The first-order chi connectivity index (χ1) is 15.7. The predicted octanol–water partition coefficient (Wildman–Crippen LogP) is 3.90. The molecule has 1 aromatic heterocycles. The van der Waals surface area contributed by atoms with Crippen molar-refractivity contribution in [3.63, 3.8) is 0 Å². The molecule has 10 heteroatoms. The van der Waals surface area contributed by atoms with E-state index >= 15 is 0 Å². The predicted molar refractivity (Wildman–Crippen MR) is 134 cm³/mol. The molecule has 0 aliphatic heterocycles. The van der Waals surface area contributed by atoms with Crippen LogP contribution < -0.4 is 5.32 Å². The van der Waals surface area contributed by atoms with Gasteiger partial charge in [0.05, 0.1) is 22.8 Å². The summed E-state index contributed by atoms with van der Waals surface area (Å²) in [5.41, 5.74) is 0.634. The zero-order valence-corrected chi connectivity index (χ0v) is 22.7. The highest BCUT2D eigenvalue weighted by Gasteiger charge is 2.34. The Morgan fingerprint density at radius 3 is 2.29 bits per heavy atom. The minimum atomic E-state index is -3.88. The average molecular weight is 512 g/mol. The van der Waals surface area contributed by atoms with E-state index in [1.807, 2.05) is 44.2 Å². The fourth-order valence-electron chi connectivity index (χ4n) is 3.49. The Labute approximate surface area is 207 Å². The molecule has 0 radical (unpaired) electrons. The number of aliphatic hydroxyl groups is 1. The van der Waals surface area contributed by atoms with Crippen LogP contribution in [-0.4, -0.2) is 59.7 Å². The molecular weight excluding hydrogens is 474 g/mol. The normalized spacial score (nSPS) is 14.3. The number of aromatic nitrogens is 1. The third-order valence-corrected chi connectivity index (χ3v) is 8.35. The molecule has 0 unspecified atom stereocenters. The number of carbonyl (C=O) groups excluding carboxylic acids is 1. The lowest BCUT2D eigenvalue weighted by atomic mass is 10.0. The zero-order valence-electron chi connectivity index (χ0n) is 21.0. The molecule has 0 saturated carbocycles. The maximum absolute atomic E-state index is 13.5. The van der Waals surface area contributed by atoms with Crippen molar-refractivity contribution >= 4 is 27.5 Å². The van der Waals surface area contributed by atoms with Gasteiger partial charge in [-0.15, -0.1) is 11.3 Å². The number of aliphatic hydroxyl groups excluding tert-OH is 1. The Balaban J connectivity index is 2.32. The van der Waals surface area contributed by atoms with Crippen molar-refractivity contribution in [3.8, 4) is 0 Å². The van der Waals surface area contributed by atoms with Gasteiger partial charge in [0.2, 0.25) is 0 Å². The molecule has 0 aliphatic carbocycles. The summed E-state index contributed by atoms with van der Waals surface area (Å²) in [4.78, 5) is 16.8. The lowest BCUT2D eigenvalue weighted by Gasteiger charge is -2.31. The molecule has 2 N–H and O–H groups in total. The van der Waals surface area contributed by atoms with E-state index in [9.17, 15) is 18.3 Å². The highest BCUT2D eigenvalue weighted by molar-refractivity contribution is 7.91. The van der Waals surface area contributed by atoms with E-state index in [0.717, 1.165) is 16.9 Å². The maximum Gasteiger partial charge on any atom is 0.407 e. The number of nitrogens with zero attached hydrogens (tertiary/aromatic N) is 2. The first kappa shape index (κ1) is 28.2. The molecule has 0 saturated heterocycles. The molecule has 0 fully saturated rings. The summed E-state index contributed by atoms with van der Waals surface area (Å²) in [6.07, 6.45) is -1.52. The summed E-state index contributed by atoms with van der Waals surface area (Å²) < 4.78 is 33.9. The molecule has 1 heterocycles. The monoisotopic (exact) mass is 511 g/mol. The minimum Gasteiger partial charge on any atom is -0.444 e. The summed E-state index contributed by atoms with van der Waals surface area (Å²) >= 11 is 1.12. The summed E-state index contributed by atoms with van der Waals surface area (Å²) in [6.45, 7) is 12.6. The van der Waals surface area contributed by atoms with Crippen molar-refractivity contribution in [1.82, 2.24) is 14.6 Å². The van der Waals surface area contributed by atoms with Crippen LogP contribution in [0.4, 0.5) is 4.79 Å². The topological polar surface area (TPSA) is 109 Å². The number of sulfonamides is 1. The fraction of sp³-hybridized carbons (Fsp3) is 0.583. The van der Waals surface area contributed by atoms with Crippen LogP contribution in [0.25, 0.3) is 0 Å². The number of amides is 1. The van der Waals surface area contributed by atoms with Crippen molar-refractivity contribution in [2.75, 3.05) is 13.1 Å². The van der Waals surface area contributed by atoms with Crippen LogP contribution in [0.15, 0.2) is 34.5 Å². The van der Waals surface area contributed by atoms with Crippen LogP contribution in [0.5, 0.6) is 0 Å². The second kappa shape index (κ2) is 11.6. The van der Waals surface area contributed by atoms with Gasteiger partial charge in [-0.3, -0.25) is 0 Å². The van der Waals surface area contributed by atoms with Crippen molar-refractivity contribution in [2.45, 2.75) is 76.8 Å². The second-order valence-corrected chi connectivity index (χ2v) is 13.2. The molecular formula is C24H37N3O5S2. The molecule has 2 rings (SSSR count). The molecule has 8 nitrogen and oxygen atoms in total. The summed E-state index contributed by atoms with van der Waals surface area (Å²) in [5, 5.41) is 14.6. The molecule has 2 atom stereocenters. The van der Waals surface area contributed by atoms with Gasteiger partial charge in [0.15, 0.2) is 4.21 Å². The van der Waals surface area contributed by atoms with Gasteiger partial charge in [-0.05, 0) is 52.5 Å². The number of thiazole rings is 1. The fourth-order valence-corrected chi connectivity index (χ4v) is 6.73. The molecule has 0 aliphatic rings. The van der Waals surface area contributed by atoms with Crippen LogP contribution in [-0.2, 0) is 21.2 Å². The summed E-state index contributed by atoms with van der Waals surface area (Å²) in [5.74, 6) is 0.0303. The second-order valence-electron chi connectivity index (χ2n) is 9.83. The molecule has 190 valence electrons. The van der Waals surface area contributed by atoms with E-state index < -0.39 is 33.9 Å². The zero-order chi connectivity index (χ0) is 25.7. The lowest BCUT2D eigenvalue weighted by Crippen LogP contribution is -2.51. The molecule has 0 spiro atoms. The molecule has 2 aromatic rings. The van der Waals surface area contributed by atoms with Gasteiger partial charge in [-0.2, -0.15) is 4.31 Å². The van der Waals surface area contributed by atoms with E-state index in [1.165, 1.54) is 4.31 Å². The smallest absolute Gasteiger partial charge is 0.407 e. The van der Waals surface area contributed by atoms with E-state index in [2.05, 4.69) is 10.3 Å². The quantitative estimate of drug-likeness (QED) is 0.501. The highest BCUT2D eigenvalue weighted by Crippen LogP contribution is 2.27. The molecule has 34 heavy (non-hydrogen) atoms. The van der Waals surface area contributed by atoms with Crippen molar-refractivity contribution in [3.05, 3.63) is 46.6 Å². The number of carbonyl (C=O) groups is 1. The SMILES string of the molecule is Cc1nc(C)c(S(=O)(=O)N(CC(C)C)C[C@@H](O)[C@H](Cc2ccccc2)NC(=O)OC(C)(C)C)s1. The van der Waals surface area contributed by atoms with Gasteiger partial charge in [-0.1, -0.05) is 44.2 Å². The third-order valence-electron chi connectivity index (χ3n) is 4.86. The van der Waals surface area contributed by atoms with Gasteiger partial charge >= 0.3 is 6.09 Å². The van der Waals surface area contributed by atoms with Gasteiger partial charge in [-0.25, -0.2) is 18.2 Å². The lowest BCUT2D eigenvalue weighted by molar-refractivity contribution is 0.0400. The first-order valence-electron chi connectivity index (χ1n) is 11.3. The standard InChI is InChI=1S/C24H37N3O5S2/c1-16(2)14-27(34(30,31)22-17(3)25-18(4)33-22)15-21(28)20(13-19-11-9-8-10-12-19)26-23(29)32-24(5,6)7/h8-12,16,20-21,28H,13-15H2,1-7H3,(H,26,29)/t20-,21+/m0/s1. The average Bonchev–Trinajstić information content (AvgIpc) is 3.04. The van der Waals surface area contributed by atoms with Crippen LogP contribution in [0.1, 0.15) is 50.9 Å². The Morgan fingerprint density at radius 2 is 1.79 bits per heavy atom. The Morgan fingerprint density at radius 1 is 1.18 bits per heavy atom.